The average molecular weight is 324 g/mol. The first kappa shape index (κ1) is 15.6. The van der Waals surface area contributed by atoms with Gasteiger partial charge in [0.15, 0.2) is 5.75 Å². The van der Waals surface area contributed by atoms with E-state index in [1.165, 1.54) is 12.8 Å². The predicted octanol–water partition coefficient (Wildman–Crippen LogP) is 5.59. The summed E-state index contributed by atoms with van der Waals surface area (Å²) in [5.74, 6) is 0.576. The molecular weight excluding hydrogens is 307 g/mol. The van der Waals surface area contributed by atoms with Crippen LogP contribution in [0.3, 0.4) is 0 Å². The zero-order chi connectivity index (χ0) is 14.7. The number of benzene rings is 1. The summed E-state index contributed by atoms with van der Waals surface area (Å²) in [4.78, 5) is 0. The number of hydrogen-bond donors (Lipinski definition) is 1. The van der Waals surface area contributed by atoms with Crippen molar-refractivity contribution in [2.45, 2.75) is 45.3 Å². The summed E-state index contributed by atoms with van der Waals surface area (Å²) in [6.45, 7) is -0.749. The van der Waals surface area contributed by atoms with Crippen LogP contribution >= 0.6 is 23.2 Å². The largest absolute Gasteiger partial charge is 0.432 e. The Labute approximate surface area is 127 Å². The third-order valence-electron chi connectivity index (χ3n) is 3.69. The molecule has 1 aliphatic carbocycles. The van der Waals surface area contributed by atoms with Gasteiger partial charge >= 0.3 is 6.61 Å². The molecule has 0 aromatic heterocycles. The maximum atomic E-state index is 12.2. The first-order chi connectivity index (χ1) is 9.49. The summed E-state index contributed by atoms with van der Waals surface area (Å²) in [5.41, 5.74) is 0.739. The van der Waals surface area contributed by atoms with Crippen molar-refractivity contribution in [2.75, 3.05) is 5.32 Å². The quantitative estimate of drug-likeness (QED) is 0.763. The summed E-state index contributed by atoms with van der Waals surface area (Å²) in [5, 5.41) is 3.53. The van der Waals surface area contributed by atoms with E-state index in [0.717, 1.165) is 24.4 Å². The minimum absolute atomic E-state index is 0.0883. The van der Waals surface area contributed by atoms with Gasteiger partial charge in [-0.05, 0) is 37.3 Å². The number of rotatable bonds is 5. The molecule has 2 rings (SSSR count). The van der Waals surface area contributed by atoms with E-state index in [9.17, 15) is 8.78 Å². The molecule has 0 bridgehead atoms. The molecule has 1 aliphatic rings. The van der Waals surface area contributed by atoms with Gasteiger partial charge in [0.1, 0.15) is 0 Å². The maximum absolute atomic E-state index is 12.2. The number of alkyl halides is 2. The summed E-state index contributed by atoms with van der Waals surface area (Å²) >= 11 is 11.9. The predicted molar refractivity (Wildman–Crippen MR) is 78.1 cm³/mol. The fraction of sp³-hybridized carbons (Fsp3) is 0.571. The average Bonchev–Trinajstić information content (AvgIpc) is 2.81. The highest BCUT2D eigenvalue weighted by atomic mass is 35.5. The van der Waals surface area contributed by atoms with E-state index in [0.29, 0.717) is 6.04 Å². The molecule has 1 fully saturated rings. The molecule has 0 amide bonds. The van der Waals surface area contributed by atoms with E-state index >= 15 is 0 Å². The lowest BCUT2D eigenvalue weighted by molar-refractivity contribution is -0.0497. The SMILES string of the molecule is CCC1CCC(Nc2cc(Cl)c(OC(F)F)c(Cl)c2)C1. The number of ether oxygens (including phenoxy) is 1. The number of halogens is 4. The van der Waals surface area contributed by atoms with Gasteiger partial charge in [-0.1, -0.05) is 36.5 Å². The fourth-order valence-electron chi connectivity index (χ4n) is 2.66. The number of anilines is 1. The smallest absolute Gasteiger partial charge is 0.387 e. The molecule has 0 spiro atoms. The van der Waals surface area contributed by atoms with Crippen molar-refractivity contribution in [1.82, 2.24) is 0 Å². The van der Waals surface area contributed by atoms with Gasteiger partial charge in [-0.25, -0.2) is 0 Å². The van der Waals surface area contributed by atoms with Crippen LogP contribution in [0, 0.1) is 5.92 Å². The zero-order valence-electron chi connectivity index (χ0n) is 11.1. The number of hydrogen-bond acceptors (Lipinski definition) is 2. The van der Waals surface area contributed by atoms with E-state index in [-0.39, 0.29) is 15.8 Å². The molecule has 0 aliphatic heterocycles. The van der Waals surface area contributed by atoms with Crippen LogP contribution in [-0.4, -0.2) is 12.7 Å². The maximum Gasteiger partial charge on any atom is 0.387 e. The van der Waals surface area contributed by atoms with Crippen molar-refractivity contribution in [3.8, 4) is 5.75 Å². The van der Waals surface area contributed by atoms with Crippen LogP contribution in [0.2, 0.25) is 10.0 Å². The van der Waals surface area contributed by atoms with Crippen LogP contribution in [0.4, 0.5) is 14.5 Å². The molecule has 0 radical (unpaired) electrons. The Kier molecular flexibility index (Phi) is 5.33. The second kappa shape index (κ2) is 6.81. The highest BCUT2D eigenvalue weighted by Gasteiger charge is 2.23. The Balaban J connectivity index is 2.06. The molecule has 1 saturated carbocycles. The lowest BCUT2D eigenvalue weighted by Crippen LogP contribution is -2.15. The van der Waals surface area contributed by atoms with E-state index in [2.05, 4.69) is 17.0 Å². The number of nitrogens with one attached hydrogen (secondary N) is 1. The molecule has 0 saturated heterocycles. The van der Waals surface area contributed by atoms with Gasteiger partial charge in [0.2, 0.25) is 0 Å². The van der Waals surface area contributed by atoms with E-state index in [4.69, 9.17) is 23.2 Å². The second-order valence-electron chi connectivity index (χ2n) is 5.08. The van der Waals surface area contributed by atoms with Crippen molar-refractivity contribution in [3.63, 3.8) is 0 Å². The topological polar surface area (TPSA) is 21.3 Å². The lowest BCUT2D eigenvalue weighted by atomic mass is 10.1. The Hall–Kier alpha value is -0.740. The van der Waals surface area contributed by atoms with E-state index in [1.807, 2.05) is 0 Å². The van der Waals surface area contributed by atoms with Crippen molar-refractivity contribution in [3.05, 3.63) is 22.2 Å². The molecule has 20 heavy (non-hydrogen) atoms. The molecular formula is C14H17Cl2F2NO. The van der Waals surface area contributed by atoms with Crippen molar-refractivity contribution >= 4 is 28.9 Å². The molecule has 1 aromatic rings. The first-order valence-electron chi connectivity index (χ1n) is 6.70. The fourth-order valence-corrected chi connectivity index (χ4v) is 3.23. The molecule has 6 heteroatoms. The Morgan fingerprint density at radius 2 is 1.95 bits per heavy atom. The third kappa shape index (κ3) is 3.89. The molecule has 0 heterocycles. The summed E-state index contributed by atoms with van der Waals surface area (Å²) in [7, 11) is 0. The first-order valence-corrected chi connectivity index (χ1v) is 7.45. The van der Waals surface area contributed by atoms with Gasteiger partial charge in [-0.15, -0.1) is 0 Å². The molecule has 2 nitrogen and oxygen atoms in total. The lowest BCUT2D eigenvalue weighted by Gasteiger charge is -2.16. The summed E-state index contributed by atoms with van der Waals surface area (Å²) in [6, 6.07) is 3.53. The van der Waals surface area contributed by atoms with Gasteiger partial charge in [0, 0.05) is 11.7 Å². The molecule has 1 aromatic carbocycles. The van der Waals surface area contributed by atoms with Crippen LogP contribution < -0.4 is 10.1 Å². The van der Waals surface area contributed by atoms with Gasteiger partial charge in [-0.2, -0.15) is 8.78 Å². The van der Waals surface area contributed by atoms with Gasteiger partial charge in [-0.3, -0.25) is 0 Å². The van der Waals surface area contributed by atoms with Crippen molar-refractivity contribution in [2.24, 2.45) is 5.92 Å². The van der Waals surface area contributed by atoms with Gasteiger partial charge in [0.05, 0.1) is 10.0 Å². The normalized spacial score (nSPS) is 22.3. The van der Waals surface area contributed by atoms with E-state index in [1.54, 1.807) is 12.1 Å². The summed E-state index contributed by atoms with van der Waals surface area (Å²) < 4.78 is 28.8. The van der Waals surface area contributed by atoms with Crippen LogP contribution in [0.25, 0.3) is 0 Å². The van der Waals surface area contributed by atoms with Crippen molar-refractivity contribution in [1.29, 1.82) is 0 Å². The van der Waals surface area contributed by atoms with Gasteiger partial charge in [0.25, 0.3) is 0 Å². The minimum atomic E-state index is -2.94. The Morgan fingerprint density at radius 1 is 1.30 bits per heavy atom. The Bertz CT molecular complexity index is 447. The highest BCUT2D eigenvalue weighted by Crippen LogP contribution is 2.38. The van der Waals surface area contributed by atoms with Crippen LogP contribution in [0.1, 0.15) is 32.6 Å². The molecule has 1 N–H and O–H groups in total. The van der Waals surface area contributed by atoms with Gasteiger partial charge < -0.3 is 10.1 Å². The molecule has 2 atom stereocenters. The standard InChI is InChI=1S/C14H17Cl2F2NO/c1-2-8-3-4-9(5-8)19-10-6-11(15)13(12(16)7-10)20-14(17)18/h6-9,14,19H,2-5H2,1H3. The Morgan fingerprint density at radius 3 is 2.45 bits per heavy atom. The van der Waals surface area contributed by atoms with Crippen LogP contribution in [-0.2, 0) is 0 Å². The van der Waals surface area contributed by atoms with E-state index < -0.39 is 6.61 Å². The van der Waals surface area contributed by atoms with Crippen molar-refractivity contribution < 1.29 is 13.5 Å². The van der Waals surface area contributed by atoms with Crippen LogP contribution in [0.15, 0.2) is 12.1 Å². The molecule has 112 valence electrons. The molecule has 2 unspecified atom stereocenters. The summed E-state index contributed by atoms with van der Waals surface area (Å²) in [6.07, 6.45) is 4.60. The zero-order valence-corrected chi connectivity index (χ0v) is 12.6. The highest BCUT2D eigenvalue weighted by molar-refractivity contribution is 6.37. The monoisotopic (exact) mass is 323 g/mol. The third-order valence-corrected chi connectivity index (χ3v) is 4.26. The van der Waals surface area contributed by atoms with Crippen LogP contribution in [0.5, 0.6) is 5.75 Å². The minimum Gasteiger partial charge on any atom is -0.432 e. The second-order valence-corrected chi connectivity index (χ2v) is 5.89.